The van der Waals surface area contributed by atoms with E-state index < -0.39 is 0 Å². The van der Waals surface area contributed by atoms with Gasteiger partial charge in [0.25, 0.3) is 0 Å². The highest BCUT2D eigenvalue weighted by Gasteiger charge is 1.81. The zero-order valence-electron chi connectivity index (χ0n) is 5.46. The fourth-order valence-electron chi connectivity index (χ4n) is 0.598. The first-order valence-corrected chi connectivity index (χ1v) is 3.09. The van der Waals surface area contributed by atoms with E-state index in [1.807, 2.05) is 12.3 Å². The Labute approximate surface area is 54.6 Å². The summed E-state index contributed by atoms with van der Waals surface area (Å²) in [5.41, 5.74) is 0. The Morgan fingerprint density at radius 2 is 2.67 bits per heavy atom. The minimum Gasteiger partial charge on any atom is -0.345 e. The van der Waals surface area contributed by atoms with Gasteiger partial charge in [-0.2, -0.15) is 0 Å². The van der Waals surface area contributed by atoms with E-state index in [0.29, 0.717) is 0 Å². The summed E-state index contributed by atoms with van der Waals surface area (Å²) < 4.78 is 0. The van der Waals surface area contributed by atoms with Gasteiger partial charge in [-0.1, -0.05) is 13.0 Å². The normalized spacial score (nSPS) is 10.8. The summed E-state index contributed by atoms with van der Waals surface area (Å²) in [5.74, 6) is 0.928. The van der Waals surface area contributed by atoms with Gasteiger partial charge in [-0.05, 0) is 12.5 Å². The van der Waals surface area contributed by atoms with E-state index in [1.165, 1.54) is 0 Å². The number of hydrogen-bond donors (Lipinski definition) is 1. The Bertz CT molecular complexity index is 175. The molecule has 1 heterocycles. The largest absolute Gasteiger partial charge is 0.345 e. The third kappa shape index (κ3) is 1.72. The van der Waals surface area contributed by atoms with Crippen LogP contribution in [0.4, 0.5) is 0 Å². The van der Waals surface area contributed by atoms with Gasteiger partial charge in [-0.25, -0.2) is 4.98 Å². The second-order valence-electron chi connectivity index (χ2n) is 1.79. The van der Waals surface area contributed by atoms with Crippen LogP contribution in [-0.4, -0.2) is 9.97 Å². The average molecular weight is 122 g/mol. The molecular formula is C7H10N2. The minimum atomic E-state index is 0.928. The van der Waals surface area contributed by atoms with E-state index in [4.69, 9.17) is 0 Å². The van der Waals surface area contributed by atoms with E-state index in [9.17, 15) is 0 Å². The number of nitrogens with one attached hydrogen (secondary N) is 1. The van der Waals surface area contributed by atoms with Gasteiger partial charge < -0.3 is 4.98 Å². The molecule has 1 N–H and O–H groups in total. The van der Waals surface area contributed by atoms with Crippen molar-refractivity contribution >= 4 is 6.08 Å². The number of aromatic amines is 1. The van der Waals surface area contributed by atoms with Gasteiger partial charge in [-0.15, -0.1) is 0 Å². The van der Waals surface area contributed by atoms with Crippen molar-refractivity contribution in [2.75, 3.05) is 0 Å². The zero-order chi connectivity index (χ0) is 6.53. The lowest BCUT2D eigenvalue weighted by atomic mass is 10.4. The van der Waals surface area contributed by atoms with Gasteiger partial charge in [0.2, 0.25) is 0 Å². The molecule has 0 spiro atoms. The molecule has 0 radical (unpaired) electrons. The predicted molar refractivity (Wildman–Crippen MR) is 37.9 cm³/mol. The molecule has 2 nitrogen and oxygen atoms in total. The number of aromatic nitrogens is 2. The standard InChI is InChI=1S/C7H10N2/c1-2-3-4-7-8-5-6-9-7/h3-6H,2H2,1H3,(H,8,9). The molecule has 1 aromatic rings. The van der Waals surface area contributed by atoms with Crippen LogP contribution in [0, 0.1) is 0 Å². The van der Waals surface area contributed by atoms with Gasteiger partial charge in [0.15, 0.2) is 0 Å². The van der Waals surface area contributed by atoms with Crippen molar-refractivity contribution in [3.63, 3.8) is 0 Å². The van der Waals surface area contributed by atoms with E-state index >= 15 is 0 Å². The van der Waals surface area contributed by atoms with Crippen molar-refractivity contribution in [1.82, 2.24) is 9.97 Å². The van der Waals surface area contributed by atoms with Crippen LogP contribution in [0.25, 0.3) is 6.08 Å². The summed E-state index contributed by atoms with van der Waals surface area (Å²) in [5, 5.41) is 0. The number of hydrogen-bond acceptors (Lipinski definition) is 1. The molecule has 48 valence electrons. The highest BCUT2D eigenvalue weighted by atomic mass is 14.9. The first kappa shape index (κ1) is 6.08. The maximum absolute atomic E-state index is 4.01. The molecule has 0 bridgehead atoms. The van der Waals surface area contributed by atoms with Crippen molar-refractivity contribution in [2.24, 2.45) is 0 Å². The van der Waals surface area contributed by atoms with Crippen LogP contribution in [0.1, 0.15) is 19.2 Å². The van der Waals surface area contributed by atoms with Crippen LogP contribution >= 0.6 is 0 Å². The molecule has 0 saturated heterocycles. The summed E-state index contributed by atoms with van der Waals surface area (Å²) in [4.78, 5) is 6.99. The average Bonchev–Trinajstić information content (AvgIpc) is 2.34. The van der Waals surface area contributed by atoms with E-state index in [-0.39, 0.29) is 0 Å². The van der Waals surface area contributed by atoms with E-state index in [2.05, 4.69) is 23.0 Å². The second kappa shape index (κ2) is 3.07. The number of rotatable bonds is 2. The van der Waals surface area contributed by atoms with Crippen molar-refractivity contribution in [3.8, 4) is 0 Å². The monoisotopic (exact) mass is 122 g/mol. The number of nitrogens with zero attached hydrogens (tertiary/aromatic N) is 1. The maximum Gasteiger partial charge on any atom is 0.129 e. The number of H-pyrrole nitrogens is 1. The maximum atomic E-state index is 4.01. The van der Waals surface area contributed by atoms with Crippen LogP contribution in [-0.2, 0) is 0 Å². The topological polar surface area (TPSA) is 28.7 Å². The van der Waals surface area contributed by atoms with Gasteiger partial charge in [0.1, 0.15) is 5.82 Å². The van der Waals surface area contributed by atoms with Crippen LogP contribution in [0.2, 0.25) is 0 Å². The summed E-state index contributed by atoms with van der Waals surface area (Å²) in [6.45, 7) is 2.10. The van der Waals surface area contributed by atoms with E-state index in [1.54, 1.807) is 6.20 Å². The van der Waals surface area contributed by atoms with Gasteiger partial charge in [-0.3, -0.25) is 0 Å². The molecule has 0 saturated carbocycles. The molecule has 0 fully saturated rings. The van der Waals surface area contributed by atoms with Crippen molar-refractivity contribution in [3.05, 3.63) is 24.3 Å². The lowest BCUT2D eigenvalue weighted by molar-refractivity contribution is 1.21. The highest BCUT2D eigenvalue weighted by molar-refractivity contribution is 5.38. The van der Waals surface area contributed by atoms with Crippen molar-refractivity contribution in [2.45, 2.75) is 13.3 Å². The Balaban J connectivity index is 2.57. The number of allylic oxidation sites excluding steroid dienone is 1. The molecule has 0 aliphatic rings. The molecule has 9 heavy (non-hydrogen) atoms. The molecule has 0 unspecified atom stereocenters. The highest BCUT2D eigenvalue weighted by Crippen LogP contribution is 1.92. The van der Waals surface area contributed by atoms with Gasteiger partial charge in [0.05, 0.1) is 0 Å². The molecule has 0 aromatic carbocycles. The zero-order valence-corrected chi connectivity index (χ0v) is 5.46. The first-order chi connectivity index (χ1) is 4.43. The fraction of sp³-hybridized carbons (Fsp3) is 0.286. The minimum absolute atomic E-state index is 0.928. The Morgan fingerprint density at radius 1 is 1.78 bits per heavy atom. The van der Waals surface area contributed by atoms with Crippen LogP contribution in [0.15, 0.2) is 18.5 Å². The van der Waals surface area contributed by atoms with Crippen LogP contribution in [0.3, 0.4) is 0 Å². The van der Waals surface area contributed by atoms with Gasteiger partial charge >= 0.3 is 0 Å². The Kier molecular flexibility index (Phi) is 2.07. The van der Waals surface area contributed by atoms with Gasteiger partial charge in [0, 0.05) is 12.4 Å². The summed E-state index contributed by atoms with van der Waals surface area (Å²) in [6.07, 6.45) is 8.66. The Hall–Kier alpha value is -1.05. The molecule has 1 rings (SSSR count). The molecule has 0 aliphatic heterocycles. The van der Waals surface area contributed by atoms with Crippen LogP contribution in [0.5, 0.6) is 0 Å². The SMILES string of the molecule is CCC=Cc1ncc[nH]1. The molecule has 1 aromatic heterocycles. The molecule has 0 aliphatic carbocycles. The van der Waals surface area contributed by atoms with Crippen molar-refractivity contribution in [1.29, 1.82) is 0 Å². The van der Waals surface area contributed by atoms with E-state index in [0.717, 1.165) is 12.2 Å². The number of imidazole rings is 1. The predicted octanol–water partition coefficient (Wildman–Crippen LogP) is 1.83. The third-order valence-electron chi connectivity index (χ3n) is 1.03. The fourth-order valence-corrected chi connectivity index (χ4v) is 0.598. The first-order valence-electron chi connectivity index (χ1n) is 3.09. The molecule has 0 amide bonds. The molecule has 0 atom stereocenters. The summed E-state index contributed by atoms with van der Waals surface area (Å²) in [7, 11) is 0. The van der Waals surface area contributed by atoms with Crippen LogP contribution < -0.4 is 0 Å². The van der Waals surface area contributed by atoms with Crippen molar-refractivity contribution < 1.29 is 0 Å². The Morgan fingerprint density at radius 3 is 3.22 bits per heavy atom. The summed E-state index contributed by atoms with van der Waals surface area (Å²) in [6, 6.07) is 0. The summed E-state index contributed by atoms with van der Waals surface area (Å²) >= 11 is 0. The lowest BCUT2D eigenvalue weighted by Crippen LogP contribution is -1.70. The second-order valence-corrected chi connectivity index (χ2v) is 1.79. The smallest absolute Gasteiger partial charge is 0.129 e. The molecular weight excluding hydrogens is 112 g/mol. The third-order valence-corrected chi connectivity index (χ3v) is 1.03. The lowest BCUT2D eigenvalue weighted by Gasteiger charge is -1.79. The quantitative estimate of drug-likeness (QED) is 0.637. The molecule has 2 heteroatoms.